The fourth-order valence-electron chi connectivity index (χ4n) is 3.47. The lowest BCUT2D eigenvalue weighted by Gasteiger charge is -2.29. The maximum Gasteiger partial charge on any atom is 0.337 e. The van der Waals surface area contributed by atoms with Crippen molar-refractivity contribution in [1.29, 1.82) is 0 Å². The first-order valence-electron chi connectivity index (χ1n) is 11.3. The van der Waals surface area contributed by atoms with E-state index >= 15 is 0 Å². The van der Waals surface area contributed by atoms with E-state index in [0.29, 0.717) is 5.56 Å². The van der Waals surface area contributed by atoms with Gasteiger partial charge in [-0.15, -0.1) is 0 Å². The van der Waals surface area contributed by atoms with Crippen molar-refractivity contribution in [3.63, 3.8) is 0 Å². The second-order valence-electron chi connectivity index (χ2n) is 6.79. The van der Waals surface area contributed by atoms with E-state index in [4.69, 9.17) is 4.74 Å². The van der Waals surface area contributed by atoms with Crippen LogP contribution in [0.4, 0.5) is 11.5 Å². The molecule has 0 amide bonds. The molecular formula is C26H34N4O2. The smallest absolute Gasteiger partial charge is 0.337 e. The number of methoxy groups -OCH3 is 1. The summed E-state index contributed by atoms with van der Waals surface area (Å²) in [6.45, 7) is 10.7. The molecule has 0 bridgehead atoms. The maximum atomic E-state index is 11.8. The number of anilines is 2. The first-order valence-corrected chi connectivity index (χ1v) is 11.3. The van der Waals surface area contributed by atoms with Gasteiger partial charge < -0.3 is 10.1 Å². The Morgan fingerprint density at radius 3 is 2.50 bits per heavy atom. The molecule has 0 saturated carbocycles. The van der Waals surface area contributed by atoms with Gasteiger partial charge in [0, 0.05) is 30.9 Å². The van der Waals surface area contributed by atoms with Gasteiger partial charge in [-0.25, -0.2) is 14.8 Å². The topological polar surface area (TPSA) is 67.3 Å². The SMILES string of the molecule is CC.CC.COC(=O)c1cccc(Nc2ncnc3c2CCN(Cc2ccccc2)C3)c1. The second-order valence-corrected chi connectivity index (χ2v) is 6.79. The molecule has 0 unspecified atom stereocenters. The Morgan fingerprint density at radius 2 is 1.78 bits per heavy atom. The number of carbonyl (C=O) groups excluding carboxylic acids is 1. The minimum atomic E-state index is -0.357. The molecule has 1 aromatic heterocycles. The van der Waals surface area contributed by atoms with E-state index in [9.17, 15) is 4.79 Å². The molecular weight excluding hydrogens is 400 g/mol. The van der Waals surface area contributed by atoms with Crippen molar-refractivity contribution in [2.45, 2.75) is 47.2 Å². The third-order valence-corrected chi connectivity index (χ3v) is 4.88. The average molecular weight is 435 g/mol. The summed E-state index contributed by atoms with van der Waals surface area (Å²) in [7, 11) is 1.38. The zero-order valence-corrected chi connectivity index (χ0v) is 19.8. The van der Waals surface area contributed by atoms with Crippen molar-refractivity contribution in [1.82, 2.24) is 14.9 Å². The Labute approximate surface area is 191 Å². The highest BCUT2D eigenvalue weighted by atomic mass is 16.5. The Balaban J connectivity index is 0.000000860. The second kappa shape index (κ2) is 13.2. The summed E-state index contributed by atoms with van der Waals surface area (Å²) in [6, 6.07) is 17.7. The number of benzene rings is 2. The van der Waals surface area contributed by atoms with Crippen molar-refractivity contribution in [3.8, 4) is 0 Å². The highest BCUT2D eigenvalue weighted by Crippen LogP contribution is 2.26. The Kier molecular flexibility index (Phi) is 10.3. The van der Waals surface area contributed by atoms with Crippen LogP contribution in [0.5, 0.6) is 0 Å². The van der Waals surface area contributed by atoms with Crippen LogP contribution in [0.3, 0.4) is 0 Å². The zero-order valence-electron chi connectivity index (χ0n) is 19.8. The van der Waals surface area contributed by atoms with Crippen molar-refractivity contribution in [2.75, 3.05) is 19.0 Å². The van der Waals surface area contributed by atoms with Crippen molar-refractivity contribution in [2.24, 2.45) is 0 Å². The largest absolute Gasteiger partial charge is 0.465 e. The lowest BCUT2D eigenvalue weighted by atomic mass is 10.0. The number of aromatic nitrogens is 2. The standard InChI is InChI=1S/C22H22N4O2.2C2H6/c1-28-22(27)17-8-5-9-18(12-17)25-21-19-10-11-26(14-20(19)23-15-24-21)13-16-6-3-2-4-7-16;2*1-2/h2-9,12,15H,10-11,13-14H2,1H3,(H,23,24,25);2*1-2H3. The van der Waals surface area contributed by atoms with E-state index in [1.165, 1.54) is 12.7 Å². The fourth-order valence-corrected chi connectivity index (χ4v) is 3.47. The van der Waals surface area contributed by atoms with E-state index < -0.39 is 0 Å². The Bertz CT molecular complexity index is 977. The Morgan fingerprint density at radius 1 is 1.03 bits per heavy atom. The summed E-state index contributed by atoms with van der Waals surface area (Å²) in [5.74, 6) is 0.441. The van der Waals surface area contributed by atoms with Gasteiger partial charge in [-0.3, -0.25) is 4.90 Å². The molecule has 0 aliphatic carbocycles. The summed E-state index contributed by atoms with van der Waals surface area (Å²) in [4.78, 5) is 23.1. The number of hydrogen-bond donors (Lipinski definition) is 1. The van der Waals surface area contributed by atoms with Crippen LogP contribution in [0, 0.1) is 0 Å². The number of ether oxygens (including phenoxy) is 1. The van der Waals surface area contributed by atoms with Gasteiger partial charge in [0.15, 0.2) is 0 Å². The number of fused-ring (bicyclic) bond motifs is 1. The summed E-state index contributed by atoms with van der Waals surface area (Å²) in [6.07, 6.45) is 2.47. The number of hydrogen-bond acceptors (Lipinski definition) is 6. The van der Waals surface area contributed by atoms with Gasteiger partial charge in [0.2, 0.25) is 0 Å². The van der Waals surface area contributed by atoms with Crippen molar-refractivity contribution < 1.29 is 9.53 Å². The van der Waals surface area contributed by atoms with Gasteiger partial charge in [-0.05, 0) is 30.2 Å². The number of nitrogens with one attached hydrogen (secondary N) is 1. The van der Waals surface area contributed by atoms with Gasteiger partial charge >= 0.3 is 5.97 Å². The quantitative estimate of drug-likeness (QED) is 0.526. The minimum Gasteiger partial charge on any atom is -0.465 e. The molecule has 4 rings (SSSR count). The molecule has 6 nitrogen and oxygen atoms in total. The minimum absolute atomic E-state index is 0.357. The van der Waals surface area contributed by atoms with Gasteiger partial charge in [0.1, 0.15) is 12.1 Å². The van der Waals surface area contributed by atoms with Crippen molar-refractivity contribution in [3.05, 3.63) is 83.3 Å². The van der Waals surface area contributed by atoms with Gasteiger partial charge in [-0.1, -0.05) is 64.1 Å². The molecule has 0 radical (unpaired) electrons. The highest BCUT2D eigenvalue weighted by molar-refractivity contribution is 5.90. The molecule has 2 heterocycles. The lowest BCUT2D eigenvalue weighted by Crippen LogP contribution is -2.31. The van der Waals surface area contributed by atoms with Gasteiger partial charge in [0.05, 0.1) is 18.4 Å². The van der Waals surface area contributed by atoms with Crippen LogP contribution in [0.2, 0.25) is 0 Å². The summed E-state index contributed by atoms with van der Waals surface area (Å²) < 4.78 is 4.79. The number of nitrogens with zero attached hydrogens (tertiary/aromatic N) is 3. The summed E-state index contributed by atoms with van der Waals surface area (Å²) in [5.41, 5.74) is 4.79. The van der Waals surface area contributed by atoms with E-state index in [1.807, 2.05) is 45.9 Å². The molecule has 0 atom stereocenters. The first-order chi connectivity index (χ1) is 15.7. The molecule has 1 N–H and O–H groups in total. The highest BCUT2D eigenvalue weighted by Gasteiger charge is 2.21. The molecule has 170 valence electrons. The first kappa shape index (κ1) is 25.0. The maximum absolute atomic E-state index is 11.8. The third kappa shape index (κ3) is 6.62. The van der Waals surface area contributed by atoms with Crippen molar-refractivity contribution >= 4 is 17.5 Å². The molecule has 3 aromatic rings. The van der Waals surface area contributed by atoms with Crippen LogP contribution in [-0.4, -0.2) is 34.5 Å². The van der Waals surface area contributed by atoms with E-state index in [2.05, 4.69) is 44.5 Å². The number of carbonyl (C=O) groups is 1. The van der Waals surface area contributed by atoms with Crippen LogP contribution in [0.1, 0.15) is 54.9 Å². The van der Waals surface area contributed by atoms with Crippen LogP contribution in [0.25, 0.3) is 0 Å². The van der Waals surface area contributed by atoms with Gasteiger partial charge in [0.25, 0.3) is 0 Å². The molecule has 0 saturated heterocycles. The number of esters is 1. The average Bonchev–Trinajstić information content (AvgIpc) is 2.87. The van der Waals surface area contributed by atoms with Crippen LogP contribution < -0.4 is 5.32 Å². The predicted octanol–water partition coefficient (Wildman–Crippen LogP) is 5.62. The molecule has 0 fully saturated rings. The lowest BCUT2D eigenvalue weighted by molar-refractivity contribution is 0.0601. The molecule has 0 spiro atoms. The molecule has 32 heavy (non-hydrogen) atoms. The summed E-state index contributed by atoms with van der Waals surface area (Å²) in [5, 5.41) is 3.34. The van der Waals surface area contributed by atoms with Crippen LogP contribution >= 0.6 is 0 Å². The van der Waals surface area contributed by atoms with E-state index in [0.717, 1.165) is 48.8 Å². The number of rotatable bonds is 5. The van der Waals surface area contributed by atoms with Crippen LogP contribution in [0.15, 0.2) is 60.9 Å². The summed E-state index contributed by atoms with van der Waals surface area (Å²) >= 11 is 0. The Hall–Kier alpha value is -3.25. The molecule has 6 heteroatoms. The monoisotopic (exact) mass is 434 g/mol. The zero-order chi connectivity index (χ0) is 23.3. The van der Waals surface area contributed by atoms with E-state index in [1.54, 1.807) is 18.5 Å². The normalized spacial score (nSPS) is 12.3. The molecule has 1 aliphatic heterocycles. The molecule has 2 aromatic carbocycles. The predicted molar refractivity (Wildman–Crippen MR) is 130 cm³/mol. The van der Waals surface area contributed by atoms with Crippen LogP contribution in [-0.2, 0) is 24.2 Å². The fraction of sp³-hybridized carbons (Fsp3) is 0.346. The molecule has 1 aliphatic rings. The third-order valence-electron chi connectivity index (χ3n) is 4.88. The van der Waals surface area contributed by atoms with E-state index in [-0.39, 0.29) is 5.97 Å². The van der Waals surface area contributed by atoms with Gasteiger partial charge in [-0.2, -0.15) is 0 Å².